The maximum absolute atomic E-state index is 9.52. The number of hydrogen-bond acceptors (Lipinski definition) is 2. The van der Waals surface area contributed by atoms with Gasteiger partial charge >= 0.3 is 0 Å². The Bertz CT molecular complexity index is 362. The fourth-order valence-electron chi connectivity index (χ4n) is 2.13. The van der Waals surface area contributed by atoms with Gasteiger partial charge in [0.25, 0.3) is 0 Å². The molecule has 0 saturated heterocycles. The van der Waals surface area contributed by atoms with E-state index >= 15 is 0 Å². The van der Waals surface area contributed by atoms with Crippen LogP contribution in [0.3, 0.4) is 0 Å². The van der Waals surface area contributed by atoms with Gasteiger partial charge in [-0.3, -0.25) is 0 Å². The maximum Gasteiger partial charge on any atom is 0.115 e. The quantitative estimate of drug-likeness (QED) is 0.774. The highest BCUT2D eigenvalue weighted by Crippen LogP contribution is 2.27. The molecular weight excluding hydrogens is 222 g/mol. The molecule has 102 valence electrons. The first-order chi connectivity index (χ1) is 8.45. The lowest BCUT2D eigenvalue weighted by Crippen LogP contribution is -2.35. The van der Waals surface area contributed by atoms with Gasteiger partial charge in [0.1, 0.15) is 5.75 Å². The predicted octanol–water partition coefficient (Wildman–Crippen LogP) is 3.60. The van der Waals surface area contributed by atoms with Gasteiger partial charge in [0.15, 0.2) is 0 Å². The molecule has 1 aromatic carbocycles. The minimum absolute atomic E-state index is 0.253. The predicted molar refractivity (Wildman–Crippen MR) is 77.9 cm³/mol. The number of phenolic OH excluding ortho intramolecular Hbond substituents is 1. The van der Waals surface area contributed by atoms with Gasteiger partial charge in [-0.15, -0.1) is 0 Å². The first kappa shape index (κ1) is 15.0. The third-order valence-corrected chi connectivity index (χ3v) is 3.50. The lowest BCUT2D eigenvalue weighted by molar-refractivity contribution is 0.285. The molecule has 0 saturated carbocycles. The summed E-state index contributed by atoms with van der Waals surface area (Å²) in [4.78, 5) is 0. The van der Waals surface area contributed by atoms with E-state index in [-0.39, 0.29) is 5.41 Å². The smallest absolute Gasteiger partial charge is 0.115 e. The van der Waals surface area contributed by atoms with E-state index in [0.717, 1.165) is 25.9 Å². The minimum Gasteiger partial charge on any atom is -0.508 e. The standard InChI is InChI=1S/C16H27NO/c1-5-16(4,12-17-11-13(2)3)10-14-7-6-8-15(18)9-14/h6-9,13,17-18H,5,10-12H2,1-4H3. The Balaban J connectivity index is 2.58. The van der Waals surface area contributed by atoms with E-state index < -0.39 is 0 Å². The van der Waals surface area contributed by atoms with Gasteiger partial charge in [0.2, 0.25) is 0 Å². The van der Waals surface area contributed by atoms with E-state index in [1.54, 1.807) is 6.07 Å². The van der Waals surface area contributed by atoms with E-state index in [1.807, 2.05) is 12.1 Å². The highest BCUT2D eigenvalue weighted by Gasteiger charge is 2.22. The molecule has 2 heteroatoms. The molecule has 0 aliphatic heterocycles. The van der Waals surface area contributed by atoms with Crippen LogP contribution in [0.4, 0.5) is 0 Å². The van der Waals surface area contributed by atoms with Gasteiger partial charge in [0.05, 0.1) is 0 Å². The molecule has 1 aromatic rings. The van der Waals surface area contributed by atoms with Gasteiger partial charge in [0, 0.05) is 6.54 Å². The Morgan fingerprint density at radius 2 is 2.06 bits per heavy atom. The summed E-state index contributed by atoms with van der Waals surface area (Å²) in [5.74, 6) is 1.05. The molecule has 0 bridgehead atoms. The number of benzene rings is 1. The van der Waals surface area contributed by atoms with Gasteiger partial charge in [-0.05, 0) is 48.4 Å². The zero-order valence-electron chi connectivity index (χ0n) is 12.2. The van der Waals surface area contributed by atoms with Crippen molar-refractivity contribution < 1.29 is 5.11 Å². The van der Waals surface area contributed by atoms with Crippen LogP contribution in [-0.4, -0.2) is 18.2 Å². The zero-order chi connectivity index (χ0) is 13.6. The van der Waals surface area contributed by atoms with Crippen LogP contribution in [0.1, 0.15) is 39.7 Å². The second-order valence-electron chi connectivity index (χ2n) is 6.04. The van der Waals surface area contributed by atoms with Crippen molar-refractivity contribution in [1.29, 1.82) is 0 Å². The van der Waals surface area contributed by atoms with Gasteiger partial charge in [-0.1, -0.05) is 39.8 Å². The van der Waals surface area contributed by atoms with Crippen molar-refractivity contribution in [3.05, 3.63) is 29.8 Å². The molecule has 2 nitrogen and oxygen atoms in total. The summed E-state index contributed by atoms with van der Waals surface area (Å²) < 4.78 is 0. The van der Waals surface area contributed by atoms with Gasteiger partial charge < -0.3 is 10.4 Å². The molecule has 18 heavy (non-hydrogen) atoms. The average Bonchev–Trinajstić information content (AvgIpc) is 2.28. The van der Waals surface area contributed by atoms with E-state index in [4.69, 9.17) is 0 Å². The van der Waals surface area contributed by atoms with Crippen LogP contribution >= 0.6 is 0 Å². The molecule has 0 radical (unpaired) electrons. The Hall–Kier alpha value is -1.02. The summed E-state index contributed by atoms with van der Waals surface area (Å²) in [5, 5.41) is 13.1. The fourth-order valence-corrected chi connectivity index (χ4v) is 2.13. The summed E-state index contributed by atoms with van der Waals surface area (Å²) in [7, 11) is 0. The summed E-state index contributed by atoms with van der Waals surface area (Å²) in [6.45, 7) is 11.1. The number of rotatable bonds is 7. The van der Waals surface area contributed by atoms with Crippen molar-refractivity contribution in [3.63, 3.8) is 0 Å². The van der Waals surface area contributed by atoms with E-state index in [1.165, 1.54) is 5.56 Å². The summed E-state index contributed by atoms with van der Waals surface area (Å²) in [6, 6.07) is 7.61. The molecule has 0 amide bonds. The highest BCUT2D eigenvalue weighted by molar-refractivity contribution is 5.27. The molecule has 1 unspecified atom stereocenters. The molecule has 0 heterocycles. The Kier molecular flexibility index (Phi) is 5.67. The Morgan fingerprint density at radius 1 is 1.33 bits per heavy atom. The number of nitrogens with one attached hydrogen (secondary N) is 1. The van der Waals surface area contributed by atoms with E-state index in [0.29, 0.717) is 11.7 Å². The van der Waals surface area contributed by atoms with Crippen LogP contribution < -0.4 is 5.32 Å². The summed E-state index contributed by atoms with van der Waals surface area (Å²) in [5.41, 5.74) is 1.47. The Labute approximate surface area is 111 Å². The molecule has 0 spiro atoms. The molecule has 1 atom stereocenters. The van der Waals surface area contributed by atoms with Crippen molar-refractivity contribution in [2.45, 2.75) is 40.5 Å². The second-order valence-corrected chi connectivity index (χ2v) is 6.04. The monoisotopic (exact) mass is 249 g/mol. The highest BCUT2D eigenvalue weighted by atomic mass is 16.3. The number of aromatic hydroxyl groups is 1. The molecule has 0 fully saturated rings. The molecule has 2 N–H and O–H groups in total. The first-order valence-corrected chi connectivity index (χ1v) is 6.94. The fraction of sp³-hybridized carbons (Fsp3) is 0.625. The lowest BCUT2D eigenvalue weighted by atomic mass is 9.81. The minimum atomic E-state index is 0.253. The van der Waals surface area contributed by atoms with Crippen LogP contribution in [0.2, 0.25) is 0 Å². The normalized spacial score (nSPS) is 14.7. The SMILES string of the molecule is CCC(C)(CNCC(C)C)Cc1cccc(O)c1. The summed E-state index contributed by atoms with van der Waals surface area (Å²) >= 11 is 0. The number of hydrogen-bond donors (Lipinski definition) is 2. The van der Waals surface area contributed by atoms with Crippen LogP contribution in [0.15, 0.2) is 24.3 Å². The van der Waals surface area contributed by atoms with Crippen LogP contribution in [0.25, 0.3) is 0 Å². The van der Waals surface area contributed by atoms with E-state index in [9.17, 15) is 5.11 Å². The third-order valence-electron chi connectivity index (χ3n) is 3.50. The molecular formula is C16H27NO. The average molecular weight is 249 g/mol. The van der Waals surface area contributed by atoms with Crippen LogP contribution in [0, 0.1) is 11.3 Å². The molecule has 0 aliphatic carbocycles. The molecule has 0 aromatic heterocycles. The van der Waals surface area contributed by atoms with Crippen molar-refractivity contribution in [2.75, 3.05) is 13.1 Å². The molecule has 1 rings (SSSR count). The van der Waals surface area contributed by atoms with Crippen molar-refractivity contribution in [3.8, 4) is 5.75 Å². The lowest BCUT2D eigenvalue weighted by Gasteiger charge is -2.29. The first-order valence-electron chi connectivity index (χ1n) is 6.94. The topological polar surface area (TPSA) is 32.3 Å². The van der Waals surface area contributed by atoms with Crippen molar-refractivity contribution in [2.24, 2.45) is 11.3 Å². The van der Waals surface area contributed by atoms with Crippen molar-refractivity contribution in [1.82, 2.24) is 5.32 Å². The van der Waals surface area contributed by atoms with Gasteiger partial charge in [-0.25, -0.2) is 0 Å². The second kappa shape index (κ2) is 6.79. The third kappa shape index (κ3) is 5.09. The van der Waals surface area contributed by atoms with E-state index in [2.05, 4.69) is 39.1 Å². The number of phenols is 1. The maximum atomic E-state index is 9.52. The molecule has 0 aliphatic rings. The van der Waals surface area contributed by atoms with Gasteiger partial charge in [-0.2, -0.15) is 0 Å². The Morgan fingerprint density at radius 3 is 2.61 bits per heavy atom. The summed E-state index contributed by atoms with van der Waals surface area (Å²) in [6.07, 6.45) is 2.14. The van der Waals surface area contributed by atoms with Crippen LogP contribution in [-0.2, 0) is 6.42 Å². The van der Waals surface area contributed by atoms with Crippen molar-refractivity contribution >= 4 is 0 Å². The largest absolute Gasteiger partial charge is 0.508 e. The zero-order valence-corrected chi connectivity index (χ0v) is 12.2. The van der Waals surface area contributed by atoms with Crippen LogP contribution in [0.5, 0.6) is 5.75 Å².